The van der Waals surface area contributed by atoms with Gasteiger partial charge in [-0.1, -0.05) is 57.5 Å². The molecule has 0 fully saturated rings. The molecule has 0 saturated heterocycles. The maximum Gasteiger partial charge on any atom is 0.00202 e. The molecule has 1 aromatic carbocycles. The minimum absolute atomic E-state index is 0.671. The van der Waals surface area contributed by atoms with E-state index in [0.29, 0.717) is 5.92 Å². The Morgan fingerprint density at radius 3 is 2.31 bits per heavy atom. The molecule has 0 saturated carbocycles. The summed E-state index contributed by atoms with van der Waals surface area (Å²) in [4.78, 5) is 0. The highest BCUT2D eigenvalue weighted by atomic mass is 14.9. The van der Waals surface area contributed by atoms with E-state index in [2.05, 4.69) is 56.4 Å². The first kappa shape index (κ1) is 13.2. The van der Waals surface area contributed by atoms with Gasteiger partial charge in [0.2, 0.25) is 0 Å². The van der Waals surface area contributed by atoms with Crippen LogP contribution in [0.25, 0.3) is 0 Å². The lowest BCUT2D eigenvalue weighted by Crippen LogP contribution is -2.25. The molecule has 0 heterocycles. The van der Waals surface area contributed by atoms with Gasteiger partial charge in [-0.05, 0) is 30.4 Å². The molecule has 0 aliphatic rings. The Balaban J connectivity index is 2.48. The summed E-state index contributed by atoms with van der Waals surface area (Å²) in [6.45, 7) is 9.00. The summed E-state index contributed by atoms with van der Waals surface area (Å²) in [5.41, 5.74) is 1.47. The smallest absolute Gasteiger partial charge is 0.00202 e. The van der Waals surface area contributed by atoms with E-state index >= 15 is 0 Å². The molecule has 16 heavy (non-hydrogen) atoms. The fraction of sp³-hybridized carbons (Fsp3) is 0.600. The van der Waals surface area contributed by atoms with E-state index in [9.17, 15) is 0 Å². The summed E-state index contributed by atoms with van der Waals surface area (Å²) in [7, 11) is 0. The molecule has 0 aliphatic heterocycles. The fourth-order valence-electron chi connectivity index (χ4n) is 2.01. The van der Waals surface area contributed by atoms with Crippen LogP contribution in [-0.4, -0.2) is 13.1 Å². The molecule has 1 aromatic rings. The Morgan fingerprint density at radius 1 is 1.06 bits per heavy atom. The molecule has 1 heteroatoms. The van der Waals surface area contributed by atoms with Gasteiger partial charge in [-0.2, -0.15) is 0 Å². The van der Waals surface area contributed by atoms with E-state index in [4.69, 9.17) is 0 Å². The lowest BCUT2D eigenvalue weighted by molar-refractivity contribution is 0.498. The first-order valence-electron chi connectivity index (χ1n) is 6.49. The van der Waals surface area contributed by atoms with Crippen molar-refractivity contribution in [2.45, 2.75) is 39.5 Å². The summed E-state index contributed by atoms with van der Waals surface area (Å²) in [6, 6.07) is 10.9. The van der Waals surface area contributed by atoms with E-state index in [0.717, 1.165) is 19.0 Å². The van der Waals surface area contributed by atoms with Crippen molar-refractivity contribution in [1.29, 1.82) is 0 Å². The molecule has 1 rings (SSSR count). The Labute approximate surface area is 100 Å². The van der Waals surface area contributed by atoms with Gasteiger partial charge in [0.05, 0.1) is 0 Å². The van der Waals surface area contributed by atoms with Gasteiger partial charge in [-0.25, -0.2) is 0 Å². The second-order valence-electron chi connectivity index (χ2n) is 4.95. The maximum absolute atomic E-state index is 3.57. The van der Waals surface area contributed by atoms with Gasteiger partial charge in [0, 0.05) is 6.54 Å². The van der Waals surface area contributed by atoms with Crippen molar-refractivity contribution in [3.8, 4) is 0 Å². The van der Waals surface area contributed by atoms with Crippen LogP contribution in [0, 0.1) is 5.92 Å². The van der Waals surface area contributed by atoms with E-state index in [1.165, 1.54) is 18.4 Å². The third-order valence-electron chi connectivity index (χ3n) is 2.85. The minimum atomic E-state index is 0.671. The predicted molar refractivity (Wildman–Crippen MR) is 71.8 cm³/mol. The highest BCUT2D eigenvalue weighted by molar-refractivity contribution is 5.19. The molecule has 0 radical (unpaired) electrons. The van der Waals surface area contributed by atoms with Crippen molar-refractivity contribution in [1.82, 2.24) is 5.32 Å². The summed E-state index contributed by atoms with van der Waals surface area (Å²) in [5, 5.41) is 3.57. The topological polar surface area (TPSA) is 12.0 Å². The average Bonchev–Trinajstić information content (AvgIpc) is 2.29. The van der Waals surface area contributed by atoms with Gasteiger partial charge in [-0.15, -0.1) is 0 Å². The first-order chi connectivity index (χ1) is 7.74. The highest BCUT2D eigenvalue weighted by Crippen LogP contribution is 2.20. The van der Waals surface area contributed by atoms with E-state index in [-0.39, 0.29) is 0 Å². The monoisotopic (exact) mass is 219 g/mol. The Bertz CT molecular complexity index is 266. The zero-order valence-corrected chi connectivity index (χ0v) is 10.9. The fourth-order valence-corrected chi connectivity index (χ4v) is 2.01. The molecule has 1 unspecified atom stereocenters. The maximum atomic E-state index is 3.57. The number of benzene rings is 1. The lowest BCUT2D eigenvalue weighted by atomic mass is 9.94. The van der Waals surface area contributed by atoms with Crippen molar-refractivity contribution < 1.29 is 0 Å². The zero-order valence-electron chi connectivity index (χ0n) is 10.9. The molecular weight excluding hydrogens is 194 g/mol. The molecule has 1 N–H and O–H groups in total. The molecule has 1 nitrogen and oxygen atoms in total. The summed E-state index contributed by atoms with van der Waals surface area (Å²) >= 11 is 0. The SMILES string of the molecule is CCCC(CNCC(C)C)c1ccccc1. The van der Waals surface area contributed by atoms with E-state index in [1.54, 1.807) is 0 Å². The van der Waals surface area contributed by atoms with E-state index < -0.39 is 0 Å². The van der Waals surface area contributed by atoms with Crippen LogP contribution < -0.4 is 5.32 Å². The number of hydrogen-bond donors (Lipinski definition) is 1. The first-order valence-corrected chi connectivity index (χ1v) is 6.49. The zero-order chi connectivity index (χ0) is 11.8. The van der Waals surface area contributed by atoms with Gasteiger partial charge in [0.25, 0.3) is 0 Å². The third-order valence-corrected chi connectivity index (χ3v) is 2.85. The molecule has 0 amide bonds. The van der Waals surface area contributed by atoms with Gasteiger partial charge in [-0.3, -0.25) is 0 Å². The third kappa shape index (κ3) is 4.80. The second-order valence-corrected chi connectivity index (χ2v) is 4.95. The summed E-state index contributed by atoms with van der Waals surface area (Å²) in [6.07, 6.45) is 2.53. The minimum Gasteiger partial charge on any atom is -0.316 e. The van der Waals surface area contributed by atoms with Crippen LogP contribution >= 0.6 is 0 Å². The summed E-state index contributed by atoms with van der Waals surface area (Å²) < 4.78 is 0. The van der Waals surface area contributed by atoms with Crippen molar-refractivity contribution in [2.75, 3.05) is 13.1 Å². The van der Waals surface area contributed by atoms with Gasteiger partial charge >= 0.3 is 0 Å². The standard InChI is InChI=1S/C15H25N/c1-4-8-15(12-16-11-13(2)3)14-9-6-5-7-10-14/h5-7,9-10,13,15-16H,4,8,11-12H2,1-3H3. The van der Waals surface area contributed by atoms with Gasteiger partial charge < -0.3 is 5.32 Å². The van der Waals surface area contributed by atoms with Gasteiger partial charge in [0.15, 0.2) is 0 Å². The van der Waals surface area contributed by atoms with Crippen molar-refractivity contribution in [2.24, 2.45) is 5.92 Å². The normalized spacial score (nSPS) is 13.0. The predicted octanol–water partition coefficient (Wildman–Crippen LogP) is 3.82. The van der Waals surface area contributed by atoms with Crippen LogP contribution in [0.1, 0.15) is 45.1 Å². The van der Waals surface area contributed by atoms with Crippen molar-refractivity contribution >= 4 is 0 Å². The lowest BCUT2D eigenvalue weighted by Gasteiger charge is -2.18. The van der Waals surface area contributed by atoms with Crippen LogP contribution in [-0.2, 0) is 0 Å². The van der Waals surface area contributed by atoms with Crippen molar-refractivity contribution in [3.63, 3.8) is 0 Å². The van der Waals surface area contributed by atoms with Crippen LogP contribution in [0.5, 0.6) is 0 Å². The molecular formula is C15H25N. The Morgan fingerprint density at radius 2 is 1.75 bits per heavy atom. The van der Waals surface area contributed by atoms with Crippen LogP contribution in [0.2, 0.25) is 0 Å². The van der Waals surface area contributed by atoms with Gasteiger partial charge in [0.1, 0.15) is 0 Å². The Hall–Kier alpha value is -0.820. The van der Waals surface area contributed by atoms with Crippen LogP contribution in [0.15, 0.2) is 30.3 Å². The molecule has 0 spiro atoms. The Kier molecular flexibility index (Phi) is 6.17. The molecule has 90 valence electrons. The van der Waals surface area contributed by atoms with Crippen LogP contribution in [0.4, 0.5) is 0 Å². The highest BCUT2D eigenvalue weighted by Gasteiger charge is 2.09. The number of nitrogens with one attached hydrogen (secondary N) is 1. The average molecular weight is 219 g/mol. The molecule has 0 aliphatic carbocycles. The molecule has 0 aromatic heterocycles. The molecule has 0 bridgehead atoms. The quantitative estimate of drug-likeness (QED) is 0.735. The largest absolute Gasteiger partial charge is 0.316 e. The number of rotatable bonds is 7. The van der Waals surface area contributed by atoms with E-state index in [1.807, 2.05) is 0 Å². The number of hydrogen-bond acceptors (Lipinski definition) is 1. The summed E-state index contributed by atoms with van der Waals surface area (Å²) in [5.74, 6) is 1.41. The molecule has 1 atom stereocenters. The second kappa shape index (κ2) is 7.45. The van der Waals surface area contributed by atoms with Crippen LogP contribution in [0.3, 0.4) is 0 Å². The van der Waals surface area contributed by atoms with Crippen molar-refractivity contribution in [3.05, 3.63) is 35.9 Å².